The van der Waals surface area contributed by atoms with Crippen LogP contribution in [0, 0.1) is 5.41 Å². The van der Waals surface area contributed by atoms with Crippen LogP contribution >= 0.6 is 11.8 Å². The summed E-state index contributed by atoms with van der Waals surface area (Å²) in [5.41, 5.74) is 5.41. The summed E-state index contributed by atoms with van der Waals surface area (Å²) in [7, 11) is -2.31. The molecule has 0 atom stereocenters. The molecule has 1 aliphatic heterocycles. The number of benzene rings is 2. The van der Waals surface area contributed by atoms with Gasteiger partial charge in [0.1, 0.15) is 11.5 Å². The molecular formula is C24H31NO6S2. The van der Waals surface area contributed by atoms with Crippen LogP contribution in [0.3, 0.4) is 0 Å². The van der Waals surface area contributed by atoms with E-state index in [-0.39, 0.29) is 36.4 Å². The Morgan fingerprint density at radius 1 is 1.06 bits per heavy atom. The monoisotopic (exact) mass is 493 g/mol. The zero-order valence-electron chi connectivity index (χ0n) is 19.2. The lowest BCUT2D eigenvalue weighted by atomic mass is 9.98. The van der Waals surface area contributed by atoms with Gasteiger partial charge in [-0.1, -0.05) is 13.8 Å². The number of primary amides is 1. The number of hydrogen-bond donors (Lipinski definition) is 1. The molecule has 0 unspecified atom stereocenters. The van der Waals surface area contributed by atoms with E-state index in [1.54, 1.807) is 31.0 Å². The van der Waals surface area contributed by atoms with E-state index in [2.05, 4.69) is 13.8 Å². The number of hydrogen-bond acceptors (Lipinski definition) is 7. The van der Waals surface area contributed by atoms with Crippen LogP contribution in [0.25, 0.3) is 0 Å². The third-order valence-electron chi connectivity index (χ3n) is 5.72. The molecule has 2 N–H and O–H groups in total. The second-order valence-electron chi connectivity index (χ2n) is 8.86. The maximum atomic E-state index is 13.2. The minimum atomic E-state index is -3.95. The van der Waals surface area contributed by atoms with Crippen molar-refractivity contribution in [1.29, 1.82) is 0 Å². The zero-order valence-corrected chi connectivity index (χ0v) is 20.8. The first-order valence-corrected chi connectivity index (χ1v) is 13.2. The maximum absolute atomic E-state index is 13.2. The number of sulfone groups is 1. The highest BCUT2D eigenvalue weighted by atomic mass is 32.2. The van der Waals surface area contributed by atoms with Crippen molar-refractivity contribution in [2.75, 3.05) is 32.7 Å². The van der Waals surface area contributed by atoms with Crippen LogP contribution in [-0.2, 0) is 19.4 Å². The van der Waals surface area contributed by atoms with Crippen LogP contribution in [0.4, 0.5) is 0 Å². The molecule has 1 fully saturated rings. The van der Waals surface area contributed by atoms with Crippen LogP contribution < -0.4 is 15.2 Å². The summed E-state index contributed by atoms with van der Waals surface area (Å²) in [4.78, 5) is 13.3. The van der Waals surface area contributed by atoms with Crippen LogP contribution in [0.5, 0.6) is 11.5 Å². The quantitative estimate of drug-likeness (QED) is 0.503. The lowest BCUT2D eigenvalue weighted by molar-refractivity contribution is -0.122. The van der Waals surface area contributed by atoms with Gasteiger partial charge in [-0.3, -0.25) is 4.79 Å². The van der Waals surface area contributed by atoms with Gasteiger partial charge in [0.15, 0.2) is 14.6 Å². The normalized spacial score (nSPS) is 16.2. The van der Waals surface area contributed by atoms with Gasteiger partial charge >= 0.3 is 0 Å². The Kier molecular flexibility index (Phi) is 7.97. The average Bonchev–Trinajstić information content (AvgIpc) is 2.82. The summed E-state index contributed by atoms with van der Waals surface area (Å²) in [6.45, 7) is 5.07. The van der Waals surface area contributed by atoms with E-state index < -0.39 is 20.5 Å². The molecule has 1 aliphatic rings. The summed E-state index contributed by atoms with van der Waals surface area (Å²) in [6, 6.07) is 14.1. The second kappa shape index (κ2) is 10.4. The topological polar surface area (TPSA) is 105 Å². The Morgan fingerprint density at radius 3 is 2.18 bits per heavy atom. The smallest absolute Gasteiger partial charge is 0.239 e. The molecule has 2 aromatic carbocycles. The van der Waals surface area contributed by atoms with E-state index in [4.69, 9.17) is 19.9 Å². The molecule has 1 heterocycles. The highest BCUT2D eigenvalue weighted by Gasteiger charge is 2.51. The summed E-state index contributed by atoms with van der Waals surface area (Å²) in [6.07, 6.45) is 0.117. The Hall–Kier alpha value is -2.23. The molecule has 0 aliphatic carbocycles. The van der Waals surface area contributed by atoms with E-state index >= 15 is 0 Å². The second-order valence-corrected chi connectivity index (χ2v) is 12.2. The average molecular weight is 494 g/mol. The molecule has 0 aromatic heterocycles. The van der Waals surface area contributed by atoms with E-state index in [1.165, 1.54) is 12.1 Å². The van der Waals surface area contributed by atoms with Crippen molar-refractivity contribution in [3.63, 3.8) is 0 Å². The van der Waals surface area contributed by atoms with E-state index in [1.807, 2.05) is 24.3 Å². The number of amides is 1. The summed E-state index contributed by atoms with van der Waals surface area (Å²) in [5, 5.41) is 0. The summed E-state index contributed by atoms with van der Waals surface area (Å²) >= 11 is 1.74. The van der Waals surface area contributed by atoms with Crippen LogP contribution in [0.2, 0.25) is 0 Å². The first-order chi connectivity index (χ1) is 15.6. The number of ether oxygens (including phenoxy) is 3. The predicted molar refractivity (Wildman–Crippen MR) is 129 cm³/mol. The lowest BCUT2D eigenvalue weighted by Gasteiger charge is -2.33. The van der Waals surface area contributed by atoms with E-state index in [0.717, 1.165) is 16.4 Å². The van der Waals surface area contributed by atoms with Crippen molar-refractivity contribution in [1.82, 2.24) is 0 Å². The van der Waals surface area contributed by atoms with Gasteiger partial charge in [-0.25, -0.2) is 8.42 Å². The molecule has 33 heavy (non-hydrogen) atoms. The number of rotatable bonds is 10. The Balaban J connectivity index is 1.62. The van der Waals surface area contributed by atoms with Gasteiger partial charge in [-0.15, -0.1) is 11.8 Å². The number of methoxy groups -OCH3 is 1. The first kappa shape index (κ1) is 25.4. The van der Waals surface area contributed by atoms with Crippen molar-refractivity contribution >= 4 is 27.5 Å². The first-order valence-electron chi connectivity index (χ1n) is 10.7. The highest BCUT2D eigenvalue weighted by Crippen LogP contribution is 2.35. The van der Waals surface area contributed by atoms with Gasteiger partial charge in [-0.2, -0.15) is 0 Å². The van der Waals surface area contributed by atoms with E-state index in [0.29, 0.717) is 12.4 Å². The molecule has 0 saturated carbocycles. The molecular weight excluding hydrogens is 462 g/mol. The third kappa shape index (κ3) is 5.83. The molecule has 9 heteroatoms. The largest absolute Gasteiger partial charge is 0.497 e. The van der Waals surface area contributed by atoms with Crippen molar-refractivity contribution in [3.8, 4) is 11.5 Å². The molecule has 2 aromatic rings. The molecule has 1 saturated heterocycles. The maximum Gasteiger partial charge on any atom is 0.239 e. The fourth-order valence-corrected chi connectivity index (χ4v) is 6.44. The SMILES string of the molecule is COc1ccc(SCC(C)(C)COc2ccc(S(=O)(=O)C3(C(N)=O)CCOCC3)cc2)cc1. The van der Waals surface area contributed by atoms with Crippen molar-refractivity contribution in [3.05, 3.63) is 48.5 Å². The minimum Gasteiger partial charge on any atom is -0.497 e. The number of carbonyl (C=O) groups is 1. The van der Waals surface area contributed by atoms with Crippen molar-refractivity contribution in [2.24, 2.45) is 11.1 Å². The number of carbonyl (C=O) groups excluding carboxylic acids is 1. The van der Waals surface area contributed by atoms with Gasteiger partial charge < -0.3 is 19.9 Å². The fraction of sp³-hybridized carbons (Fsp3) is 0.458. The Morgan fingerprint density at radius 2 is 1.64 bits per heavy atom. The number of nitrogens with two attached hydrogens (primary N) is 1. The molecule has 7 nitrogen and oxygen atoms in total. The van der Waals surface area contributed by atoms with Gasteiger partial charge in [0.2, 0.25) is 5.91 Å². The summed E-state index contributed by atoms with van der Waals surface area (Å²) in [5.74, 6) is 1.40. The number of thioether (sulfide) groups is 1. The van der Waals surface area contributed by atoms with Crippen molar-refractivity contribution < 1.29 is 27.4 Å². The third-order valence-corrected chi connectivity index (χ3v) is 9.78. The minimum absolute atomic E-state index is 0.0585. The van der Waals surface area contributed by atoms with Crippen LogP contribution in [0.15, 0.2) is 58.3 Å². The lowest BCUT2D eigenvalue weighted by Crippen LogP contribution is -2.53. The highest BCUT2D eigenvalue weighted by molar-refractivity contribution is 7.99. The Labute approximate surface area is 199 Å². The Bertz CT molecular complexity index is 1040. The van der Waals surface area contributed by atoms with Gasteiger partial charge in [0.25, 0.3) is 0 Å². The zero-order chi connectivity index (χ0) is 24.1. The summed E-state index contributed by atoms with van der Waals surface area (Å²) < 4.78 is 41.2. The molecule has 0 spiro atoms. The van der Waals surface area contributed by atoms with Crippen LogP contribution in [-0.4, -0.2) is 51.8 Å². The fourth-order valence-electron chi connectivity index (χ4n) is 3.56. The molecule has 3 rings (SSSR count). The van der Waals surface area contributed by atoms with Gasteiger partial charge in [-0.05, 0) is 61.4 Å². The van der Waals surface area contributed by atoms with E-state index in [9.17, 15) is 13.2 Å². The molecule has 0 radical (unpaired) electrons. The van der Waals surface area contributed by atoms with Gasteiger partial charge in [0, 0.05) is 29.3 Å². The molecule has 180 valence electrons. The van der Waals surface area contributed by atoms with Crippen LogP contribution in [0.1, 0.15) is 26.7 Å². The standard InChI is InChI=1S/C24H31NO6S2/c1-23(2,17-32-20-8-4-18(29-3)5-9-20)16-31-19-6-10-21(11-7-19)33(27,28)24(22(25)26)12-14-30-15-13-24/h4-11H,12-17H2,1-3H3,(H2,25,26). The molecule has 0 bridgehead atoms. The van der Waals surface area contributed by atoms with Crippen molar-refractivity contribution in [2.45, 2.75) is 41.2 Å². The molecule has 1 amide bonds. The van der Waals surface area contributed by atoms with Gasteiger partial charge in [0.05, 0.1) is 18.6 Å². The predicted octanol–water partition coefficient (Wildman–Crippen LogP) is 3.70.